The van der Waals surface area contributed by atoms with Gasteiger partial charge in [0, 0.05) is 30.6 Å². The van der Waals surface area contributed by atoms with Gasteiger partial charge in [-0.15, -0.1) is 0 Å². The summed E-state index contributed by atoms with van der Waals surface area (Å²) in [6.45, 7) is 3.11. The molecular formula is C25H31NO4. The molecule has 160 valence electrons. The van der Waals surface area contributed by atoms with E-state index < -0.39 is 5.60 Å². The minimum Gasteiger partial charge on any atom is -0.493 e. The van der Waals surface area contributed by atoms with Gasteiger partial charge in [-0.2, -0.15) is 0 Å². The van der Waals surface area contributed by atoms with Gasteiger partial charge in [-0.1, -0.05) is 25.1 Å². The quantitative estimate of drug-likeness (QED) is 0.699. The fourth-order valence-electron chi connectivity index (χ4n) is 7.99. The lowest BCUT2D eigenvalue weighted by molar-refractivity contribution is -0.213. The predicted octanol–water partition coefficient (Wildman–Crippen LogP) is 3.28. The maximum atomic E-state index is 13.4. The molecule has 2 aliphatic heterocycles. The lowest BCUT2D eigenvalue weighted by Gasteiger charge is -2.70. The highest BCUT2D eigenvalue weighted by molar-refractivity contribution is 5.84. The van der Waals surface area contributed by atoms with E-state index in [1.807, 2.05) is 6.07 Å². The number of ketones is 1. The molecule has 6 aliphatic rings. The number of carbonyl (C=O) groups is 1. The lowest BCUT2D eigenvalue weighted by atomic mass is 9.37. The normalized spacial score (nSPS) is 42.1. The van der Waals surface area contributed by atoms with E-state index in [4.69, 9.17) is 14.2 Å². The molecule has 0 amide bonds. The Hall–Kier alpha value is -1.85. The van der Waals surface area contributed by atoms with Crippen molar-refractivity contribution in [2.24, 2.45) is 11.3 Å². The van der Waals surface area contributed by atoms with Crippen LogP contribution in [0, 0.1) is 11.3 Å². The van der Waals surface area contributed by atoms with Gasteiger partial charge in [0.25, 0.3) is 0 Å². The van der Waals surface area contributed by atoms with Gasteiger partial charge in [0.05, 0.1) is 18.4 Å². The maximum Gasteiger partial charge on any atom is 0.166 e. The van der Waals surface area contributed by atoms with Crippen molar-refractivity contribution < 1.29 is 19.0 Å². The molecule has 2 heterocycles. The Balaban J connectivity index is 1.65. The van der Waals surface area contributed by atoms with Crippen LogP contribution >= 0.6 is 0 Å². The van der Waals surface area contributed by atoms with Crippen LogP contribution in [0.3, 0.4) is 0 Å². The first-order valence-electron chi connectivity index (χ1n) is 11.3. The van der Waals surface area contributed by atoms with Crippen molar-refractivity contribution in [1.82, 2.24) is 4.90 Å². The number of ether oxygens (including phenoxy) is 3. The van der Waals surface area contributed by atoms with E-state index in [-0.39, 0.29) is 22.9 Å². The van der Waals surface area contributed by atoms with Gasteiger partial charge < -0.3 is 19.1 Å². The number of likely N-dealkylation sites (N-methyl/N-ethyl adjacent to an activating group) is 1. The van der Waals surface area contributed by atoms with E-state index in [0.717, 1.165) is 43.7 Å². The van der Waals surface area contributed by atoms with E-state index >= 15 is 0 Å². The molecule has 2 spiro atoms. The van der Waals surface area contributed by atoms with Crippen LogP contribution in [-0.2, 0) is 21.4 Å². The van der Waals surface area contributed by atoms with Crippen molar-refractivity contribution in [3.8, 4) is 11.5 Å². The van der Waals surface area contributed by atoms with Crippen LogP contribution in [0.1, 0.15) is 43.7 Å². The van der Waals surface area contributed by atoms with Crippen LogP contribution in [0.15, 0.2) is 24.3 Å². The zero-order valence-corrected chi connectivity index (χ0v) is 18.4. The van der Waals surface area contributed by atoms with Gasteiger partial charge in [-0.05, 0) is 50.9 Å². The molecule has 30 heavy (non-hydrogen) atoms. The summed E-state index contributed by atoms with van der Waals surface area (Å²) >= 11 is 0. The molecular weight excluding hydrogens is 378 g/mol. The molecule has 1 saturated heterocycles. The molecule has 7 rings (SSSR count). The van der Waals surface area contributed by atoms with Crippen LogP contribution in [0.2, 0.25) is 0 Å². The number of rotatable bonds is 5. The summed E-state index contributed by atoms with van der Waals surface area (Å²) in [6.07, 6.45) is 8.74. The van der Waals surface area contributed by atoms with E-state index in [1.54, 1.807) is 14.2 Å². The Kier molecular flexibility index (Phi) is 3.71. The van der Waals surface area contributed by atoms with Crippen molar-refractivity contribution in [3.63, 3.8) is 0 Å². The number of hydrogen-bond donors (Lipinski definition) is 0. The summed E-state index contributed by atoms with van der Waals surface area (Å²) in [5.41, 5.74) is 1.73. The summed E-state index contributed by atoms with van der Waals surface area (Å²) in [5.74, 6) is 1.84. The molecule has 6 atom stereocenters. The highest BCUT2D eigenvalue weighted by Crippen LogP contribution is 2.74. The van der Waals surface area contributed by atoms with Crippen molar-refractivity contribution in [2.75, 3.05) is 27.8 Å². The zero-order valence-electron chi connectivity index (χ0n) is 18.4. The second kappa shape index (κ2) is 5.89. The van der Waals surface area contributed by atoms with Crippen molar-refractivity contribution in [3.05, 3.63) is 35.4 Å². The second-order valence-corrected chi connectivity index (χ2v) is 9.96. The summed E-state index contributed by atoms with van der Waals surface area (Å²) < 4.78 is 18.9. The molecule has 1 aromatic carbocycles. The summed E-state index contributed by atoms with van der Waals surface area (Å²) in [5, 5.41) is 0. The van der Waals surface area contributed by atoms with E-state index in [1.165, 1.54) is 11.1 Å². The lowest BCUT2D eigenvalue weighted by Crippen LogP contribution is -2.79. The average molecular weight is 410 g/mol. The fraction of sp³-hybridized carbons (Fsp3) is 0.640. The molecule has 4 bridgehead atoms. The molecule has 1 saturated carbocycles. The highest BCUT2D eigenvalue weighted by atomic mass is 16.6. The number of methoxy groups -OCH3 is 2. The Labute approximate surface area is 178 Å². The Morgan fingerprint density at radius 1 is 1.30 bits per heavy atom. The maximum absolute atomic E-state index is 13.4. The van der Waals surface area contributed by atoms with Crippen molar-refractivity contribution in [2.45, 2.75) is 62.2 Å². The fourth-order valence-corrected chi connectivity index (χ4v) is 7.99. The summed E-state index contributed by atoms with van der Waals surface area (Å²) in [4.78, 5) is 15.9. The molecule has 0 aromatic heterocycles. The summed E-state index contributed by atoms with van der Waals surface area (Å²) in [7, 11) is 5.71. The number of piperidine rings is 1. The molecule has 5 heteroatoms. The number of hydrogen-bond acceptors (Lipinski definition) is 5. The van der Waals surface area contributed by atoms with Gasteiger partial charge in [0.2, 0.25) is 0 Å². The van der Waals surface area contributed by atoms with Gasteiger partial charge in [-0.25, -0.2) is 0 Å². The van der Waals surface area contributed by atoms with Gasteiger partial charge in [-0.3, -0.25) is 4.79 Å². The van der Waals surface area contributed by atoms with Crippen LogP contribution in [-0.4, -0.2) is 56.2 Å². The standard InChI is InChI=1S/C25H31NO4/c1-5-6-17(27)16-14-23-9-10-25(16,29-4)22-24(23)11-12-26(2)19(23)13-15-7-8-18(28-3)21(30-22)20(15)24/h7-10,16,19,22H,5-6,11-14H2,1-4H3/t16-,19-,22-,23-,24+,25-/m0/s1. The minimum atomic E-state index is -0.715. The zero-order chi connectivity index (χ0) is 20.9. The van der Waals surface area contributed by atoms with Crippen LogP contribution in [0.4, 0.5) is 0 Å². The Morgan fingerprint density at radius 2 is 2.13 bits per heavy atom. The number of carbonyl (C=O) groups excluding carboxylic acids is 1. The van der Waals surface area contributed by atoms with Gasteiger partial charge >= 0.3 is 0 Å². The third-order valence-electron chi connectivity index (χ3n) is 9.16. The third-order valence-corrected chi connectivity index (χ3v) is 9.16. The highest BCUT2D eigenvalue weighted by Gasteiger charge is 2.79. The minimum absolute atomic E-state index is 0.108. The van der Waals surface area contributed by atoms with E-state index in [9.17, 15) is 4.79 Å². The van der Waals surface area contributed by atoms with Crippen molar-refractivity contribution >= 4 is 5.78 Å². The number of Topliss-reactive ketones (excluding diaryl/α,β-unsaturated/α-hetero) is 1. The molecule has 5 nitrogen and oxygen atoms in total. The first kappa shape index (κ1) is 18.9. The molecule has 2 fully saturated rings. The van der Waals surface area contributed by atoms with Crippen molar-refractivity contribution in [1.29, 1.82) is 0 Å². The van der Waals surface area contributed by atoms with Crippen LogP contribution < -0.4 is 9.47 Å². The largest absolute Gasteiger partial charge is 0.493 e. The molecule has 0 unspecified atom stereocenters. The third kappa shape index (κ3) is 1.79. The van der Waals surface area contributed by atoms with Crippen LogP contribution in [0.25, 0.3) is 0 Å². The molecule has 1 aromatic rings. The first-order chi connectivity index (χ1) is 14.5. The topological polar surface area (TPSA) is 48.0 Å². The molecule has 0 radical (unpaired) electrons. The van der Waals surface area contributed by atoms with E-state index in [2.05, 4.69) is 37.1 Å². The molecule has 4 aliphatic carbocycles. The predicted molar refractivity (Wildman–Crippen MR) is 113 cm³/mol. The number of likely N-dealkylation sites (tertiary alicyclic amines) is 1. The Morgan fingerprint density at radius 3 is 2.87 bits per heavy atom. The first-order valence-corrected chi connectivity index (χ1v) is 11.3. The van der Waals surface area contributed by atoms with E-state index in [0.29, 0.717) is 18.2 Å². The monoisotopic (exact) mass is 409 g/mol. The molecule has 0 N–H and O–H groups in total. The van der Waals surface area contributed by atoms with Gasteiger partial charge in [0.1, 0.15) is 17.5 Å². The van der Waals surface area contributed by atoms with Crippen LogP contribution in [0.5, 0.6) is 11.5 Å². The second-order valence-electron chi connectivity index (χ2n) is 9.96. The Bertz CT molecular complexity index is 972. The number of benzene rings is 1. The SMILES string of the molecule is CCCC(=O)[C@@H]1C[C@]23C=C[C@@]1(OC)[C@H]1Oc4c(OC)ccc5c4[C@]12CCN(C)[C@H]3C5. The van der Waals surface area contributed by atoms with Gasteiger partial charge in [0.15, 0.2) is 11.5 Å². The average Bonchev–Trinajstić information content (AvgIpc) is 3.13. The number of fused-ring (bicyclic) bond motifs is 1. The smallest absolute Gasteiger partial charge is 0.166 e. The number of nitrogens with zero attached hydrogens (tertiary/aromatic N) is 1. The summed E-state index contributed by atoms with van der Waals surface area (Å²) in [6, 6.07) is 4.65.